The zero-order chi connectivity index (χ0) is 24.4. The van der Waals surface area contributed by atoms with Crippen LogP contribution in [0.25, 0.3) is 12.4 Å². The third kappa shape index (κ3) is 7.72. The molecule has 2 rings (SSSR count). The number of methoxy groups -OCH3 is 2. The summed E-state index contributed by atoms with van der Waals surface area (Å²) in [5.74, 6) is -1.42. The van der Waals surface area contributed by atoms with Crippen LogP contribution in [-0.2, 0) is 45.8 Å². The third-order valence-electron chi connectivity index (χ3n) is 3.54. The Hall–Kier alpha value is -3.73. The summed E-state index contributed by atoms with van der Waals surface area (Å²) in [5.41, 5.74) is -1.48. The monoisotopic (exact) mass is 490 g/mol. The normalized spacial score (nSPS) is 12.0. The molecule has 0 unspecified atom stereocenters. The highest BCUT2D eigenvalue weighted by Gasteiger charge is 2.21. The highest BCUT2D eigenvalue weighted by atomic mass is 31.2. The fraction of sp³-hybridized carbons (Fsp3) is 0.429. The first-order valence-electron chi connectivity index (χ1n) is 8.85. The standard InChI is InChI=1S/C14H19N8O10P/c1-29-11(23)3-5-19-13(25)21(17-15-19)7-9-31-33(27,28)32-10-8-22-14(26)20(16-18-22)6-4-12(24)30-2/h3-6H,7-10H2,1-2H3,(H,27,28)/b5-3+,6-4+. The van der Waals surface area contributed by atoms with Gasteiger partial charge in [-0.25, -0.2) is 23.7 Å². The number of rotatable bonds is 12. The summed E-state index contributed by atoms with van der Waals surface area (Å²) in [6.45, 7) is -1.39. The molecule has 0 saturated carbocycles. The van der Waals surface area contributed by atoms with Gasteiger partial charge in [-0.1, -0.05) is 0 Å². The van der Waals surface area contributed by atoms with Crippen LogP contribution >= 0.6 is 7.82 Å². The van der Waals surface area contributed by atoms with E-state index in [0.29, 0.717) is 0 Å². The lowest BCUT2D eigenvalue weighted by atomic mass is 10.6. The molecule has 2 aromatic rings. The van der Waals surface area contributed by atoms with Crippen LogP contribution < -0.4 is 11.4 Å². The quantitative estimate of drug-likeness (QED) is 0.182. The fourth-order valence-electron chi connectivity index (χ4n) is 1.96. The lowest BCUT2D eigenvalue weighted by Crippen LogP contribution is -2.25. The van der Waals surface area contributed by atoms with Crippen LogP contribution in [-0.4, -0.2) is 83.8 Å². The Morgan fingerprint density at radius 1 is 0.848 bits per heavy atom. The molecule has 0 amide bonds. The highest BCUT2D eigenvalue weighted by Crippen LogP contribution is 2.42. The van der Waals surface area contributed by atoms with Gasteiger partial charge in [-0.2, -0.15) is 18.7 Å². The van der Waals surface area contributed by atoms with Crippen LogP contribution in [0.3, 0.4) is 0 Å². The minimum atomic E-state index is -4.53. The Bertz CT molecular complexity index is 1100. The van der Waals surface area contributed by atoms with E-state index in [2.05, 4.69) is 30.3 Å². The minimum absolute atomic E-state index is 0.251. The van der Waals surface area contributed by atoms with Crippen molar-refractivity contribution in [3.8, 4) is 0 Å². The molecule has 0 atom stereocenters. The first kappa shape index (κ1) is 25.5. The summed E-state index contributed by atoms with van der Waals surface area (Å²) in [6.07, 6.45) is 3.96. The number of esters is 2. The Morgan fingerprint density at radius 2 is 1.24 bits per heavy atom. The Labute approximate surface area is 183 Å². The van der Waals surface area contributed by atoms with E-state index in [-0.39, 0.29) is 13.1 Å². The van der Waals surface area contributed by atoms with E-state index in [1.165, 1.54) is 0 Å². The molecule has 2 aromatic heterocycles. The van der Waals surface area contributed by atoms with Gasteiger partial charge in [0.15, 0.2) is 0 Å². The SMILES string of the molecule is COC(=O)/C=C/n1nnn(CCOP(=O)(O)OCCn2nnn(/C=C/C(=O)OC)c2=O)c1=O. The number of phosphoric ester groups is 1. The molecule has 0 bridgehead atoms. The van der Waals surface area contributed by atoms with Crippen molar-refractivity contribution in [1.82, 2.24) is 39.6 Å². The summed E-state index contributed by atoms with van der Waals surface area (Å²) in [5, 5.41) is 14.0. The fourth-order valence-corrected chi connectivity index (χ4v) is 2.66. The first-order valence-corrected chi connectivity index (χ1v) is 10.3. The lowest BCUT2D eigenvalue weighted by Gasteiger charge is -2.11. The molecule has 0 radical (unpaired) electrons. The van der Waals surface area contributed by atoms with E-state index in [1.807, 2.05) is 0 Å². The van der Waals surface area contributed by atoms with Crippen LogP contribution in [0.1, 0.15) is 0 Å². The molecular weight excluding hydrogens is 471 g/mol. The number of ether oxygens (including phenoxy) is 2. The molecule has 0 aliphatic carbocycles. The van der Waals surface area contributed by atoms with Gasteiger partial charge in [-0.05, 0) is 20.9 Å². The van der Waals surface area contributed by atoms with Crippen LogP contribution in [0, 0.1) is 0 Å². The molecule has 2 heterocycles. The lowest BCUT2D eigenvalue weighted by molar-refractivity contribution is -0.135. The molecule has 0 aliphatic rings. The van der Waals surface area contributed by atoms with Crippen LogP contribution in [0.5, 0.6) is 0 Å². The number of carbonyl (C=O) groups excluding carboxylic acids is 2. The predicted molar refractivity (Wildman–Crippen MR) is 105 cm³/mol. The van der Waals surface area contributed by atoms with Gasteiger partial charge in [0.1, 0.15) is 0 Å². The van der Waals surface area contributed by atoms with Crippen LogP contribution in [0.4, 0.5) is 0 Å². The number of hydrogen-bond acceptors (Lipinski definition) is 13. The Balaban J connectivity index is 1.82. The maximum absolute atomic E-state index is 12.0. The van der Waals surface area contributed by atoms with Crippen molar-refractivity contribution in [3.05, 3.63) is 33.1 Å². The summed E-state index contributed by atoms with van der Waals surface area (Å²) < 4.78 is 33.3. The number of hydrogen-bond donors (Lipinski definition) is 1. The van der Waals surface area contributed by atoms with E-state index >= 15 is 0 Å². The molecule has 1 N–H and O–H groups in total. The van der Waals surface area contributed by atoms with Crippen molar-refractivity contribution in [1.29, 1.82) is 0 Å². The summed E-state index contributed by atoms with van der Waals surface area (Å²) in [7, 11) is -2.22. The maximum atomic E-state index is 12.0. The minimum Gasteiger partial charge on any atom is -0.466 e. The number of carbonyl (C=O) groups is 2. The zero-order valence-corrected chi connectivity index (χ0v) is 18.2. The van der Waals surface area contributed by atoms with Crippen molar-refractivity contribution in [2.75, 3.05) is 27.4 Å². The summed E-state index contributed by atoms with van der Waals surface area (Å²) in [6, 6.07) is 0. The summed E-state index contributed by atoms with van der Waals surface area (Å²) >= 11 is 0. The number of phosphoric acid groups is 1. The molecule has 0 spiro atoms. The average Bonchev–Trinajstić information content (AvgIpc) is 3.32. The van der Waals surface area contributed by atoms with Gasteiger partial charge in [0.25, 0.3) is 0 Å². The van der Waals surface area contributed by atoms with E-state index < -0.39 is 44.4 Å². The van der Waals surface area contributed by atoms with E-state index in [0.717, 1.165) is 57.5 Å². The number of aromatic nitrogens is 8. The van der Waals surface area contributed by atoms with Gasteiger partial charge in [-0.3, -0.25) is 9.05 Å². The second-order valence-corrected chi connectivity index (χ2v) is 7.12. The molecule has 0 saturated heterocycles. The van der Waals surface area contributed by atoms with Gasteiger partial charge in [0.05, 0.1) is 40.5 Å². The van der Waals surface area contributed by atoms with E-state index in [1.54, 1.807) is 0 Å². The van der Waals surface area contributed by atoms with Crippen molar-refractivity contribution in [3.63, 3.8) is 0 Å². The predicted octanol–water partition coefficient (Wildman–Crippen LogP) is -2.69. The Morgan fingerprint density at radius 3 is 1.61 bits per heavy atom. The second kappa shape index (κ2) is 11.8. The van der Waals surface area contributed by atoms with Crippen molar-refractivity contribution in [2.24, 2.45) is 0 Å². The van der Waals surface area contributed by atoms with Crippen LogP contribution in [0.15, 0.2) is 21.7 Å². The van der Waals surface area contributed by atoms with Gasteiger partial charge in [0.2, 0.25) is 0 Å². The van der Waals surface area contributed by atoms with Gasteiger partial charge < -0.3 is 14.4 Å². The number of tetrazole rings is 2. The van der Waals surface area contributed by atoms with E-state index in [9.17, 15) is 28.6 Å². The maximum Gasteiger partial charge on any atom is 0.472 e. The molecular formula is C14H19N8O10P. The molecule has 0 aliphatic heterocycles. The van der Waals surface area contributed by atoms with Crippen molar-refractivity contribution in [2.45, 2.75) is 13.1 Å². The Kier molecular flexibility index (Phi) is 9.10. The average molecular weight is 490 g/mol. The molecule has 18 nitrogen and oxygen atoms in total. The smallest absolute Gasteiger partial charge is 0.466 e. The zero-order valence-electron chi connectivity index (χ0n) is 17.3. The molecule has 33 heavy (non-hydrogen) atoms. The first-order chi connectivity index (χ1) is 15.7. The topological polar surface area (TPSA) is 214 Å². The summed E-state index contributed by atoms with van der Waals surface area (Å²) in [4.78, 5) is 55.7. The highest BCUT2D eigenvalue weighted by molar-refractivity contribution is 7.47. The molecule has 180 valence electrons. The third-order valence-corrected chi connectivity index (χ3v) is 4.56. The van der Waals surface area contributed by atoms with Crippen LogP contribution in [0.2, 0.25) is 0 Å². The second-order valence-electron chi connectivity index (χ2n) is 5.67. The largest absolute Gasteiger partial charge is 0.472 e. The number of nitrogens with zero attached hydrogens (tertiary/aromatic N) is 8. The molecule has 0 fully saturated rings. The van der Waals surface area contributed by atoms with Gasteiger partial charge in [-0.15, -0.1) is 0 Å². The molecule has 19 heteroatoms. The van der Waals surface area contributed by atoms with Gasteiger partial charge in [0, 0.05) is 24.6 Å². The van der Waals surface area contributed by atoms with Gasteiger partial charge >= 0.3 is 31.1 Å². The van der Waals surface area contributed by atoms with Crippen molar-refractivity contribution >= 4 is 32.2 Å². The van der Waals surface area contributed by atoms with Crippen molar-refractivity contribution < 1.29 is 37.6 Å². The van der Waals surface area contributed by atoms with E-state index in [4.69, 9.17) is 9.05 Å². The molecule has 0 aromatic carbocycles.